The fourth-order valence-corrected chi connectivity index (χ4v) is 4.41. The van der Waals surface area contributed by atoms with Gasteiger partial charge >= 0.3 is 0 Å². The molecule has 1 atom stereocenters. The summed E-state index contributed by atoms with van der Waals surface area (Å²) in [6.07, 6.45) is 5.38. The highest BCUT2D eigenvalue weighted by molar-refractivity contribution is 5.94. The molecule has 7 nitrogen and oxygen atoms in total. The highest BCUT2D eigenvalue weighted by Crippen LogP contribution is 2.32. The van der Waals surface area contributed by atoms with Crippen LogP contribution in [-0.4, -0.2) is 38.7 Å². The number of nitrogens with zero attached hydrogens (tertiary/aromatic N) is 1. The Hall–Kier alpha value is -3.22. The van der Waals surface area contributed by atoms with Crippen molar-refractivity contribution in [2.75, 3.05) is 26.0 Å². The van der Waals surface area contributed by atoms with E-state index in [-0.39, 0.29) is 17.9 Å². The van der Waals surface area contributed by atoms with E-state index >= 15 is 0 Å². The Kier molecular flexibility index (Phi) is 7.14. The highest BCUT2D eigenvalue weighted by Gasteiger charge is 2.25. The average Bonchev–Trinajstić information content (AvgIpc) is 3.32. The van der Waals surface area contributed by atoms with Gasteiger partial charge in [0.25, 0.3) is 0 Å². The molecule has 0 bridgehead atoms. The Morgan fingerprint density at radius 2 is 1.97 bits per heavy atom. The standard InChI is InChI=1S/C25H32N4O3/c1-26-25(28-16-18-13-24(30)29-22-10-6-5-9-21(18)22)27-15-17-11-12-20(31-2)14-23(17)32-19-7-3-4-8-19/h5-6,9-12,14,18-19H,3-4,7-8,13,15-16H2,1-2H3,(H,29,30)(H2,26,27,28). The second-order valence-corrected chi connectivity index (χ2v) is 8.34. The lowest BCUT2D eigenvalue weighted by Gasteiger charge is -2.26. The summed E-state index contributed by atoms with van der Waals surface area (Å²) in [7, 11) is 3.42. The van der Waals surface area contributed by atoms with Crippen LogP contribution in [0.3, 0.4) is 0 Å². The van der Waals surface area contributed by atoms with Crippen molar-refractivity contribution in [2.45, 2.75) is 50.7 Å². The van der Waals surface area contributed by atoms with Crippen molar-refractivity contribution in [3.05, 3.63) is 53.6 Å². The molecular formula is C25H32N4O3. The maximum absolute atomic E-state index is 12.1. The van der Waals surface area contributed by atoms with Crippen molar-refractivity contribution in [3.8, 4) is 11.5 Å². The number of amides is 1. The number of hydrogen-bond donors (Lipinski definition) is 3. The molecule has 1 heterocycles. The number of fused-ring (bicyclic) bond motifs is 1. The Morgan fingerprint density at radius 3 is 2.75 bits per heavy atom. The van der Waals surface area contributed by atoms with E-state index in [0.29, 0.717) is 25.5 Å². The molecule has 0 aromatic heterocycles. The second kappa shape index (κ2) is 10.4. The lowest BCUT2D eigenvalue weighted by molar-refractivity contribution is -0.116. The van der Waals surface area contributed by atoms with Crippen LogP contribution in [0.4, 0.5) is 5.69 Å². The number of para-hydroxylation sites is 1. The summed E-state index contributed by atoms with van der Waals surface area (Å²) in [6, 6.07) is 13.9. The molecule has 4 rings (SSSR count). The van der Waals surface area contributed by atoms with Gasteiger partial charge in [0.1, 0.15) is 11.5 Å². The predicted octanol–water partition coefficient (Wildman–Crippen LogP) is 3.81. The van der Waals surface area contributed by atoms with E-state index in [1.165, 1.54) is 12.8 Å². The number of benzene rings is 2. The summed E-state index contributed by atoms with van der Waals surface area (Å²) < 4.78 is 11.7. The summed E-state index contributed by atoms with van der Waals surface area (Å²) in [5.74, 6) is 2.48. The minimum absolute atomic E-state index is 0.0467. The number of aliphatic imine (C=N–C) groups is 1. The normalized spacial score (nSPS) is 18.6. The summed E-state index contributed by atoms with van der Waals surface area (Å²) in [5.41, 5.74) is 3.10. The molecule has 1 amide bonds. The van der Waals surface area contributed by atoms with Crippen molar-refractivity contribution >= 4 is 17.6 Å². The SMILES string of the molecule is CN=C(NCc1ccc(OC)cc1OC1CCCC1)NCC1CC(=O)Nc2ccccc21. The van der Waals surface area contributed by atoms with Crippen LogP contribution in [0.5, 0.6) is 11.5 Å². The molecule has 1 fully saturated rings. The minimum atomic E-state index is 0.0467. The average molecular weight is 437 g/mol. The first-order chi connectivity index (χ1) is 15.7. The van der Waals surface area contributed by atoms with Gasteiger partial charge in [0.15, 0.2) is 5.96 Å². The number of methoxy groups -OCH3 is 1. The van der Waals surface area contributed by atoms with Crippen LogP contribution in [0.15, 0.2) is 47.5 Å². The van der Waals surface area contributed by atoms with Gasteiger partial charge in [-0.1, -0.05) is 18.2 Å². The van der Waals surface area contributed by atoms with Crippen LogP contribution in [0.2, 0.25) is 0 Å². The largest absolute Gasteiger partial charge is 0.497 e. The molecule has 1 saturated carbocycles. The predicted molar refractivity (Wildman–Crippen MR) is 127 cm³/mol. The van der Waals surface area contributed by atoms with Crippen molar-refractivity contribution in [1.82, 2.24) is 10.6 Å². The van der Waals surface area contributed by atoms with Crippen LogP contribution < -0.4 is 25.4 Å². The van der Waals surface area contributed by atoms with Crippen molar-refractivity contribution < 1.29 is 14.3 Å². The van der Waals surface area contributed by atoms with E-state index in [4.69, 9.17) is 9.47 Å². The van der Waals surface area contributed by atoms with Gasteiger partial charge in [-0.05, 0) is 49.4 Å². The Bertz CT molecular complexity index is 969. The molecule has 1 unspecified atom stereocenters. The molecule has 1 aliphatic heterocycles. The van der Waals surface area contributed by atoms with E-state index in [0.717, 1.165) is 41.2 Å². The quantitative estimate of drug-likeness (QED) is 0.454. The zero-order valence-corrected chi connectivity index (χ0v) is 18.8. The third-order valence-electron chi connectivity index (χ3n) is 6.16. The number of hydrogen-bond acceptors (Lipinski definition) is 4. The number of guanidine groups is 1. The highest BCUT2D eigenvalue weighted by atomic mass is 16.5. The van der Waals surface area contributed by atoms with Gasteiger partial charge < -0.3 is 25.4 Å². The number of carbonyl (C=O) groups is 1. The molecule has 2 aromatic rings. The Balaban J connectivity index is 1.38. The van der Waals surface area contributed by atoms with Crippen LogP contribution in [0, 0.1) is 0 Å². The lowest BCUT2D eigenvalue weighted by Crippen LogP contribution is -2.40. The summed E-state index contributed by atoms with van der Waals surface area (Å²) in [5, 5.41) is 9.71. The zero-order chi connectivity index (χ0) is 22.3. The second-order valence-electron chi connectivity index (χ2n) is 8.34. The molecular weight excluding hydrogens is 404 g/mol. The number of ether oxygens (including phenoxy) is 2. The molecule has 170 valence electrons. The molecule has 3 N–H and O–H groups in total. The molecule has 0 radical (unpaired) electrons. The Morgan fingerprint density at radius 1 is 1.16 bits per heavy atom. The summed E-state index contributed by atoms with van der Waals surface area (Å²) in [6.45, 7) is 1.20. The van der Waals surface area contributed by atoms with Crippen molar-refractivity contribution in [1.29, 1.82) is 0 Å². The monoisotopic (exact) mass is 436 g/mol. The minimum Gasteiger partial charge on any atom is -0.497 e. The first-order valence-corrected chi connectivity index (χ1v) is 11.3. The maximum Gasteiger partial charge on any atom is 0.225 e. The molecule has 2 aliphatic rings. The van der Waals surface area contributed by atoms with Gasteiger partial charge in [-0.2, -0.15) is 0 Å². The summed E-state index contributed by atoms with van der Waals surface area (Å²) >= 11 is 0. The van der Waals surface area contributed by atoms with Crippen LogP contribution in [0.25, 0.3) is 0 Å². The van der Waals surface area contributed by atoms with Gasteiger partial charge in [-0.15, -0.1) is 0 Å². The smallest absolute Gasteiger partial charge is 0.225 e. The first kappa shape index (κ1) is 22.0. The van der Waals surface area contributed by atoms with Gasteiger partial charge in [0, 0.05) is 49.8 Å². The van der Waals surface area contributed by atoms with Crippen molar-refractivity contribution in [2.24, 2.45) is 4.99 Å². The van der Waals surface area contributed by atoms with E-state index in [1.807, 2.05) is 36.4 Å². The van der Waals surface area contributed by atoms with E-state index in [2.05, 4.69) is 27.0 Å². The van der Waals surface area contributed by atoms with E-state index in [1.54, 1.807) is 14.2 Å². The number of carbonyl (C=O) groups excluding carboxylic acids is 1. The number of nitrogens with one attached hydrogen (secondary N) is 3. The molecule has 7 heteroatoms. The fraction of sp³-hybridized carbons (Fsp3) is 0.440. The molecule has 32 heavy (non-hydrogen) atoms. The fourth-order valence-electron chi connectivity index (χ4n) is 4.41. The van der Waals surface area contributed by atoms with Gasteiger partial charge in [0.05, 0.1) is 13.2 Å². The molecule has 1 aliphatic carbocycles. The third-order valence-corrected chi connectivity index (χ3v) is 6.16. The molecule has 0 saturated heterocycles. The zero-order valence-electron chi connectivity index (χ0n) is 18.8. The molecule has 2 aromatic carbocycles. The number of rotatable bonds is 7. The lowest BCUT2D eigenvalue weighted by atomic mass is 9.90. The van der Waals surface area contributed by atoms with Crippen molar-refractivity contribution in [3.63, 3.8) is 0 Å². The number of anilines is 1. The van der Waals surface area contributed by atoms with Crippen LogP contribution in [0.1, 0.15) is 49.1 Å². The third kappa shape index (κ3) is 5.33. The van der Waals surface area contributed by atoms with E-state index in [9.17, 15) is 4.79 Å². The first-order valence-electron chi connectivity index (χ1n) is 11.3. The van der Waals surface area contributed by atoms with Gasteiger partial charge in [-0.3, -0.25) is 9.79 Å². The topological polar surface area (TPSA) is 84.0 Å². The summed E-state index contributed by atoms with van der Waals surface area (Å²) in [4.78, 5) is 16.4. The van der Waals surface area contributed by atoms with E-state index < -0.39 is 0 Å². The maximum atomic E-state index is 12.1. The van der Waals surface area contributed by atoms with Crippen LogP contribution >= 0.6 is 0 Å². The van der Waals surface area contributed by atoms with Gasteiger partial charge in [0.2, 0.25) is 5.91 Å². The Labute approximate surface area is 189 Å². The van der Waals surface area contributed by atoms with Crippen LogP contribution in [-0.2, 0) is 11.3 Å². The van der Waals surface area contributed by atoms with Gasteiger partial charge in [-0.25, -0.2) is 0 Å². The molecule has 0 spiro atoms.